The standard InChI is InChI=1S/C20H32N2Si.2ClH.Hf/c1-20(2,3)21-23(4,5)19-17-12-8-7-11-16(17)15-18(19)22-13-9-6-10-14-22;;;/h7-8,11-12,15,19,21H,6,9-10,13-14H2,1-5H3;2*1H;. The zero-order valence-corrected chi connectivity index (χ0v) is 23.0. The maximum atomic E-state index is 4.02. The molecule has 1 aromatic carbocycles. The third-order valence-electron chi connectivity index (χ3n) is 5.05. The van der Waals surface area contributed by atoms with Crippen molar-refractivity contribution in [3.05, 3.63) is 41.1 Å². The van der Waals surface area contributed by atoms with Crippen LogP contribution in [-0.4, -0.2) is 31.8 Å². The fraction of sp³-hybridized carbons (Fsp3) is 0.600. The van der Waals surface area contributed by atoms with Crippen molar-refractivity contribution >= 4 is 39.1 Å². The number of rotatable bonds is 3. The molecule has 1 unspecified atom stereocenters. The van der Waals surface area contributed by atoms with Gasteiger partial charge in [0.25, 0.3) is 0 Å². The first-order chi connectivity index (χ1) is 10.8. The van der Waals surface area contributed by atoms with Crippen molar-refractivity contribution < 1.29 is 25.8 Å². The van der Waals surface area contributed by atoms with E-state index in [1.54, 1.807) is 11.3 Å². The summed E-state index contributed by atoms with van der Waals surface area (Å²) >= 11 is 0. The van der Waals surface area contributed by atoms with Crippen molar-refractivity contribution in [2.24, 2.45) is 0 Å². The minimum atomic E-state index is -1.66. The molecule has 0 spiro atoms. The summed E-state index contributed by atoms with van der Waals surface area (Å²) in [5.74, 6) is 0. The van der Waals surface area contributed by atoms with Crippen LogP contribution < -0.4 is 4.98 Å². The second-order valence-electron chi connectivity index (χ2n) is 8.78. The van der Waals surface area contributed by atoms with Crippen molar-refractivity contribution in [3.8, 4) is 0 Å². The Balaban J connectivity index is 0.00000208. The van der Waals surface area contributed by atoms with E-state index >= 15 is 0 Å². The molecule has 0 aromatic heterocycles. The van der Waals surface area contributed by atoms with Gasteiger partial charge in [-0.3, -0.25) is 0 Å². The number of allylic oxidation sites excluding steroid dienone is 1. The molecule has 0 amide bonds. The molecule has 26 heavy (non-hydrogen) atoms. The molecule has 6 heteroatoms. The van der Waals surface area contributed by atoms with Crippen LogP contribution in [0, 0.1) is 0 Å². The number of benzene rings is 1. The summed E-state index contributed by atoms with van der Waals surface area (Å²) in [6.07, 6.45) is 6.55. The molecule has 0 saturated carbocycles. The molecule has 2 nitrogen and oxygen atoms in total. The van der Waals surface area contributed by atoms with E-state index in [-0.39, 0.29) is 56.2 Å². The predicted molar refractivity (Wildman–Crippen MR) is 117 cm³/mol. The van der Waals surface area contributed by atoms with E-state index in [1.165, 1.54) is 37.9 Å². The van der Waals surface area contributed by atoms with E-state index < -0.39 is 8.24 Å². The number of halogens is 2. The van der Waals surface area contributed by atoms with Gasteiger partial charge in [-0.15, -0.1) is 24.8 Å². The van der Waals surface area contributed by atoms with E-state index in [4.69, 9.17) is 0 Å². The van der Waals surface area contributed by atoms with Gasteiger partial charge in [0.15, 0.2) is 0 Å². The number of piperidine rings is 1. The topological polar surface area (TPSA) is 15.3 Å². The summed E-state index contributed by atoms with van der Waals surface area (Å²) in [7, 11) is -1.66. The molecule has 146 valence electrons. The molecule has 1 aromatic rings. The van der Waals surface area contributed by atoms with Crippen molar-refractivity contribution in [1.29, 1.82) is 0 Å². The van der Waals surface area contributed by atoms with Crippen LogP contribution in [0.4, 0.5) is 0 Å². The number of nitrogens with one attached hydrogen (secondary N) is 1. The molecule has 1 saturated heterocycles. The number of nitrogens with zero attached hydrogens (tertiary/aromatic N) is 1. The molecule has 1 heterocycles. The normalized spacial score (nSPS) is 19.5. The average molecular weight is 580 g/mol. The number of likely N-dealkylation sites (tertiary alicyclic amines) is 1. The Bertz CT molecular complexity index is 608. The van der Waals surface area contributed by atoms with Crippen LogP contribution in [0.1, 0.15) is 56.7 Å². The summed E-state index contributed by atoms with van der Waals surface area (Å²) in [4.78, 5) is 6.69. The van der Waals surface area contributed by atoms with Crippen LogP contribution in [0.2, 0.25) is 13.1 Å². The van der Waals surface area contributed by atoms with E-state index in [0.29, 0.717) is 5.54 Å². The Morgan fingerprint density at radius 2 is 1.58 bits per heavy atom. The quantitative estimate of drug-likeness (QED) is 0.470. The molecular formula is C20H34Cl2HfN2Si. The molecule has 1 aliphatic heterocycles. The maximum absolute atomic E-state index is 4.02. The van der Waals surface area contributed by atoms with Gasteiger partial charge < -0.3 is 9.88 Å². The maximum Gasteiger partial charge on any atom is 0.133 e. The summed E-state index contributed by atoms with van der Waals surface area (Å²) in [6.45, 7) is 14.4. The van der Waals surface area contributed by atoms with E-state index in [0.717, 1.165) is 0 Å². The summed E-state index contributed by atoms with van der Waals surface area (Å²) < 4.78 is 0. The number of hydrogen-bond donors (Lipinski definition) is 1. The summed E-state index contributed by atoms with van der Waals surface area (Å²) in [5.41, 5.74) is 5.30. The van der Waals surface area contributed by atoms with Crippen molar-refractivity contribution in [3.63, 3.8) is 0 Å². The first kappa shape index (κ1) is 26.4. The van der Waals surface area contributed by atoms with Gasteiger partial charge in [-0.2, -0.15) is 0 Å². The molecule has 2 aliphatic rings. The van der Waals surface area contributed by atoms with Crippen LogP contribution in [-0.2, 0) is 25.8 Å². The van der Waals surface area contributed by atoms with E-state index in [2.05, 4.69) is 74.1 Å². The Morgan fingerprint density at radius 3 is 2.15 bits per heavy atom. The molecule has 1 aliphatic carbocycles. The first-order valence-corrected chi connectivity index (χ1v) is 12.2. The summed E-state index contributed by atoms with van der Waals surface area (Å²) in [6, 6.07) is 9.03. The zero-order chi connectivity index (χ0) is 16.7. The second-order valence-corrected chi connectivity index (χ2v) is 13.0. The second kappa shape index (κ2) is 10.2. The molecule has 3 rings (SSSR count). The largest absolute Gasteiger partial charge is 0.375 e. The van der Waals surface area contributed by atoms with Crippen molar-refractivity contribution in [1.82, 2.24) is 9.88 Å². The van der Waals surface area contributed by atoms with E-state index in [9.17, 15) is 0 Å². The van der Waals surface area contributed by atoms with Crippen LogP contribution >= 0.6 is 24.8 Å². The average Bonchev–Trinajstić information content (AvgIpc) is 2.86. The van der Waals surface area contributed by atoms with Crippen LogP contribution in [0.5, 0.6) is 0 Å². The van der Waals surface area contributed by atoms with Gasteiger partial charge >= 0.3 is 0 Å². The van der Waals surface area contributed by atoms with E-state index in [1.807, 2.05) is 0 Å². The number of hydrogen-bond acceptors (Lipinski definition) is 2. The van der Waals surface area contributed by atoms with Crippen LogP contribution in [0.25, 0.3) is 6.08 Å². The smallest absolute Gasteiger partial charge is 0.133 e. The van der Waals surface area contributed by atoms with Crippen LogP contribution in [0.15, 0.2) is 30.0 Å². The third-order valence-corrected chi connectivity index (χ3v) is 8.49. The van der Waals surface area contributed by atoms with Gasteiger partial charge in [0.2, 0.25) is 0 Å². The Morgan fingerprint density at radius 1 is 1.00 bits per heavy atom. The van der Waals surface area contributed by atoms with Gasteiger partial charge in [0.1, 0.15) is 8.24 Å². The Hall–Kier alpha value is 0.387. The first-order valence-electron chi connectivity index (χ1n) is 9.13. The van der Waals surface area contributed by atoms with Crippen molar-refractivity contribution in [2.45, 2.75) is 64.2 Å². The van der Waals surface area contributed by atoms with Gasteiger partial charge in [-0.05, 0) is 57.2 Å². The molecule has 1 N–H and O–H groups in total. The van der Waals surface area contributed by atoms with Gasteiger partial charge in [0.05, 0.1) is 0 Å². The molecule has 1 atom stereocenters. The van der Waals surface area contributed by atoms with Gasteiger partial charge in [-0.25, -0.2) is 0 Å². The fourth-order valence-electron chi connectivity index (χ4n) is 4.53. The SMILES string of the molecule is CC(C)(C)N[Si](C)(C)C1C(N2CCCCC2)=Cc2ccccc21.Cl.Cl.[Hf]. The minimum Gasteiger partial charge on any atom is -0.375 e. The van der Waals surface area contributed by atoms with Gasteiger partial charge in [0, 0.05) is 55.7 Å². The molecule has 1 fully saturated rings. The van der Waals surface area contributed by atoms with Crippen molar-refractivity contribution in [2.75, 3.05) is 13.1 Å². The Labute approximate surface area is 192 Å². The number of fused-ring (bicyclic) bond motifs is 1. The summed E-state index contributed by atoms with van der Waals surface area (Å²) in [5, 5.41) is 0. The fourth-order valence-corrected chi connectivity index (χ4v) is 8.65. The third kappa shape index (κ3) is 5.94. The predicted octanol–water partition coefficient (Wildman–Crippen LogP) is 5.58. The molecular weight excluding hydrogens is 546 g/mol. The van der Waals surface area contributed by atoms with Gasteiger partial charge in [-0.1, -0.05) is 37.4 Å². The van der Waals surface area contributed by atoms with Crippen LogP contribution in [0.3, 0.4) is 0 Å². The molecule has 0 radical (unpaired) electrons. The monoisotopic (exact) mass is 580 g/mol. The minimum absolute atomic E-state index is 0. The zero-order valence-electron chi connectivity index (χ0n) is 16.8. The Kier molecular flexibility index (Phi) is 10.4. The molecule has 0 bridgehead atoms.